The Labute approximate surface area is 123 Å². The second-order valence-corrected chi connectivity index (χ2v) is 4.98. The Balaban J connectivity index is 2.56. The molecule has 0 aliphatic rings. The second kappa shape index (κ2) is 6.69. The van der Waals surface area contributed by atoms with Crippen LogP contribution in [-0.4, -0.2) is 45.6 Å². The van der Waals surface area contributed by atoms with Crippen molar-refractivity contribution in [1.82, 2.24) is 9.55 Å². The van der Waals surface area contributed by atoms with E-state index in [2.05, 4.69) is 4.98 Å². The van der Waals surface area contributed by atoms with Crippen LogP contribution >= 0.6 is 0 Å². The van der Waals surface area contributed by atoms with Gasteiger partial charge in [0.05, 0.1) is 35.9 Å². The van der Waals surface area contributed by atoms with Crippen LogP contribution < -0.4 is 0 Å². The lowest BCUT2D eigenvalue weighted by Crippen LogP contribution is -2.23. The fraction of sp³-hybridized carbons (Fsp3) is 0.467. The maximum atomic E-state index is 11.4. The number of aryl methyl sites for hydroxylation is 1. The van der Waals surface area contributed by atoms with Crippen LogP contribution in [0.4, 0.5) is 0 Å². The van der Waals surface area contributed by atoms with Gasteiger partial charge >= 0.3 is 5.97 Å². The highest BCUT2D eigenvalue weighted by Crippen LogP contribution is 2.22. The molecule has 2 rings (SSSR count). The van der Waals surface area contributed by atoms with Crippen LogP contribution in [0, 0.1) is 0 Å². The van der Waals surface area contributed by atoms with Gasteiger partial charge in [-0.3, -0.25) is 0 Å². The third-order valence-electron chi connectivity index (χ3n) is 3.30. The van der Waals surface area contributed by atoms with Gasteiger partial charge in [0.2, 0.25) is 0 Å². The van der Waals surface area contributed by atoms with E-state index in [1.807, 2.05) is 6.92 Å². The van der Waals surface area contributed by atoms with Gasteiger partial charge < -0.3 is 19.5 Å². The minimum Gasteiger partial charge on any atom is -0.478 e. The molecule has 0 saturated heterocycles. The lowest BCUT2D eigenvalue weighted by molar-refractivity contribution is 0.0537. The molecule has 0 radical (unpaired) electrons. The Kier molecular flexibility index (Phi) is 4.93. The fourth-order valence-electron chi connectivity index (χ4n) is 2.47. The summed E-state index contributed by atoms with van der Waals surface area (Å²) >= 11 is 0. The number of hydrogen-bond donors (Lipinski definition) is 2. The number of aromatic nitrogens is 2. The summed E-state index contributed by atoms with van der Waals surface area (Å²) < 4.78 is 6.74. The fourth-order valence-corrected chi connectivity index (χ4v) is 2.47. The van der Waals surface area contributed by atoms with Crippen LogP contribution in [0.15, 0.2) is 18.2 Å². The van der Waals surface area contributed by atoms with Gasteiger partial charge in [0.15, 0.2) is 0 Å². The number of aromatic carboxylic acids is 1. The van der Waals surface area contributed by atoms with Crippen LogP contribution in [0.1, 0.15) is 29.5 Å². The highest BCUT2D eigenvalue weighted by molar-refractivity contribution is 6.01. The topological polar surface area (TPSA) is 84.6 Å². The molecule has 21 heavy (non-hydrogen) atoms. The Morgan fingerprint density at radius 1 is 1.48 bits per heavy atom. The molecule has 114 valence electrons. The number of carbonyl (C=O) groups is 1. The van der Waals surface area contributed by atoms with Crippen molar-refractivity contribution in [2.24, 2.45) is 0 Å². The molecule has 0 aliphatic heterocycles. The highest BCUT2D eigenvalue weighted by Gasteiger charge is 2.19. The smallest absolute Gasteiger partial charge is 0.337 e. The average molecular weight is 292 g/mol. The van der Waals surface area contributed by atoms with Gasteiger partial charge in [-0.15, -0.1) is 0 Å². The summed E-state index contributed by atoms with van der Waals surface area (Å²) in [5.41, 5.74) is 1.40. The average Bonchev–Trinajstić information content (AvgIpc) is 2.77. The zero-order valence-electron chi connectivity index (χ0n) is 12.2. The summed E-state index contributed by atoms with van der Waals surface area (Å²) in [5, 5.41) is 19.3. The van der Waals surface area contributed by atoms with Gasteiger partial charge in [-0.1, -0.05) is 13.0 Å². The zero-order valence-corrected chi connectivity index (χ0v) is 12.2. The molecule has 1 heterocycles. The molecule has 1 atom stereocenters. The zero-order chi connectivity index (χ0) is 15.4. The first-order chi connectivity index (χ1) is 10.1. The van der Waals surface area contributed by atoms with Gasteiger partial charge in [0.25, 0.3) is 0 Å². The van der Waals surface area contributed by atoms with Crippen molar-refractivity contribution >= 4 is 17.0 Å². The van der Waals surface area contributed by atoms with Crippen LogP contribution in [-0.2, 0) is 17.7 Å². The lowest BCUT2D eigenvalue weighted by atomic mass is 10.2. The minimum atomic E-state index is -0.994. The van der Waals surface area contributed by atoms with Crippen molar-refractivity contribution in [1.29, 1.82) is 0 Å². The van der Waals surface area contributed by atoms with Crippen molar-refractivity contribution in [3.05, 3.63) is 29.6 Å². The minimum absolute atomic E-state index is 0.195. The number of imidazole rings is 1. The summed E-state index contributed by atoms with van der Waals surface area (Å²) in [5.74, 6) is -0.206. The number of hydrogen-bond acceptors (Lipinski definition) is 4. The maximum absolute atomic E-state index is 11.4. The van der Waals surface area contributed by atoms with Gasteiger partial charge in [0.1, 0.15) is 5.82 Å². The SMILES string of the molecule is CCCc1nc2cccc(C(=O)O)c2n1CC(O)COC. The predicted molar refractivity (Wildman–Crippen MR) is 78.6 cm³/mol. The molecule has 0 bridgehead atoms. The van der Waals surface area contributed by atoms with E-state index in [1.54, 1.807) is 22.8 Å². The Hall–Kier alpha value is -1.92. The predicted octanol–water partition coefficient (Wildman–Crippen LogP) is 1.69. The molecule has 6 heteroatoms. The number of carboxylic acid groups (broad SMARTS) is 1. The molecule has 0 aliphatic carbocycles. The Morgan fingerprint density at radius 2 is 2.24 bits per heavy atom. The number of nitrogens with zero attached hydrogens (tertiary/aromatic N) is 2. The van der Waals surface area contributed by atoms with E-state index in [-0.39, 0.29) is 18.7 Å². The number of para-hydroxylation sites is 1. The summed E-state index contributed by atoms with van der Waals surface area (Å²) in [6.07, 6.45) is 0.921. The van der Waals surface area contributed by atoms with E-state index < -0.39 is 12.1 Å². The Morgan fingerprint density at radius 3 is 2.86 bits per heavy atom. The third kappa shape index (κ3) is 3.22. The molecule has 2 aromatic rings. The summed E-state index contributed by atoms with van der Waals surface area (Å²) in [7, 11) is 1.52. The van der Waals surface area contributed by atoms with E-state index >= 15 is 0 Å². The summed E-state index contributed by atoms with van der Waals surface area (Å²) in [6.45, 7) is 2.50. The standard InChI is InChI=1S/C15H20N2O4/c1-3-5-13-16-12-7-4-6-11(15(19)20)14(12)17(13)8-10(18)9-21-2/h4,6-7,10,18H,3,5,8-9H2,1-2H3,(H,19,20). The van der Waals surface area contributed by atoms with Crippen molar-refractivity contribution < 1.29 is 19.7 Å². The molecule has 1 aromatic heterocycles. The number of rotatable bonds is 7. The molecular weight excluding hydrogens is 272 g/mol. The number of methoxy groups -OCH3 is 1. The Bertz CT molecular complexity index is 636. The van der Waals surface area contributed by atoms with Crippen LogP contribution in [0.25, 0.3) is 11.0 Å². The molecule has 1 aromatic carbocycles. The first-order valence-corrected chi connectivity index (χ1v) is 6.96. The van der Waals surface area contributed by atoms with Crippen molar-refractivity contribution in [3.63, 3.8) is 0 Å². The molecule has 0 saturated carbocycles. The van der Waals surface area contributed by atoms with E-state index in [0.29, 0.717) is 11.0 Å². The molecule has 6 nitrogen and oxygen atoms in total. The summed E-state index contributed by atoms with van der Waals surface area (Å²) in [6, 6.07) is 5.03. The van der Waals surface area contributed by atoms with E-state index in [4.69, 9.17) is 4.74 Å². The first-order valence-electron chi connectivity index (χ1n) is 6.96. The lowest BCUT2D eigenvalue weighted by Gasteiger charge is -2.14. The van der Waals surface area contributed by atoms with Crippen molar-refractivity contribution in [2.75, 3.05) is 13.7 Å². The van der Waals surface area contributed by atoms with Gasteiger partial charge in [-0.05, 0) is 18.6 Å². The quantitative estimate of drug-likeness (QED) is 0.811. The number of ether oxygens (including phenoxy) is 1. The van der Waals surface area contributed by atoms with Gasteiger partial charge in [0, 0.05) is 13.5 Å². The summed E-state index contributed by atoms with van der Waals surface area (Å²) in [4.78, 5) is 15.9. The van der Waals surface area contributed by atoms with Gasteiger partial charge in [-0.2, -0.15) is 0 Å². The van der Waals surface area contributed by atoms with E-state index in [1.165, 1.54) is 7.11 Å². The number of aliphatic hydroxyl groups is 1. The van der Waals surface area contributed by atoms with Crippen LogP contribution in [0.3, 0.4) is 0 Å². The van der Waals surface area contributed by atoms with Crippen LogP contribution in [0.5, 0.6) is 0 Å². The van der Waals surface area contributed by atoms with E-state index in [0.717, 1.165) is 18.7 Å². The molecular formula is C15H20N2O4. The van der Waals surface area contributed by atoms with Crippen molar-refractivity contribution in [2.45, 2.75) is 32.4 Å². The molecule has 0 amide bonds. The normalized spacial score (nSPS) is 12.7. The maximum Gasteiger partial charge on any atom is 0.337 e. The third-order valence-corrected chi connectivity index (χ3v) is 3.30. The largest absolute Gasteiger partial charge is 0.478 e. The van der Waals surface area contributed by atoms with E-state index in [9.17, 15) is 15.0 Å². The number of benzene rings is 1. The number of carboxylic acids is 1. The number of aliphatic hydroxyl groups excluding tert-OH is 1. The molecule has 2 N–H and O–H groups in total. The van der Waals surface area contributed by atoms with Crippen LogP contribution in [0.2, 0.25) is 0 Å². The van der Waals surface area contributed by atoms with Gasteiger partial charge in [-0.25, -0.2) is 9.78 Å². The molecule has 0 spiro atoms. The highest BCUT2D eigenvalue weighted by atomic mass is 16.5. The number of fused-ring (bicyclic) bond motifs is 1. The van der Waals surface area contributed by atoms with Crippen molar-refractivity contribution in [3.8, 4) is 0 Å². The molecule has 0 fully saturated rings. The first kappa shape index (κ1) is 15.5. The monoisotopic (exact) mass is 292 g/mol. The molecule has 1 unspecified atom stereocenters. The second-order valence-electron chi connectivity index (χ2n) is 4.98.